The van der Waals surface area contributed by atoms with Crippen molar-refractivity contribution in [2.45, 2.75) is 13.3 Å². The number of aromatic nitrogens is 4. The molecule has 0 fully saturated rings. The molecule has 1 amide bonds. The molecule has 3 N–H and O–H groups in total. The van der Waals surface area contributed by atoms with Gasteiger partial charge in [-0.3, -0.25) is 15.1 Å². The molecule has 0 aliphatic heterocycles. The Hall–Kier alpha value is -2.44. The van der Waals surface area contributed by atoms with Crippen molar-refractivity contribution >= 4 is 17.7 Å². The van der Waals surface area contributed by atoms with Crippen molar-refractivity contribution in [2.75, 3.05) is 17.2 Å². The lowest BCUT2D eigenvalue weighted by Crippen LogP contribution is -2.16. The van der Waals surface area contributed by atoms with Crippen LogP contribution in [-0.4, -0.2) is 32.4 Å². The Labute approximate surface area is 104 Å². The third-order valence-corrected chi connectivity index (χ3v) is 2.15. The summed E-state index contributed by atoms with van der Waals surface area (Å²) in [5.74, 6) is 0.621. The normalized spacial score (nSPS) is 10.1. The zero-order chi connectivity index (χ0) is 12.8. The predicted molar refractivity (Wildman–Crippen MR) is 67.4 cm³/mol. The number of hydrogen-bond acceptors (Lipinski definition) is 5. The third kappa shape index (κ3) is 3.03. The fourth-order valence-electron chi connectivity index (χ4n) is 1.32. The van der Waals surface area contributed by atoms with E-state index in [-0.39, 0.29) is 11.6 Å². The lowest BCUT2D eigenvalue weighted by Gasteiger charge is -2.05. The van der Waals surface area contributed by atoms with Crippen LogP contribution in [0.15, 0.2) is 24.8 Å². The quantitative estimate of drug-likeness (QED) is 0.738. The SMILES string of the molecule is CCCNc1cncc(C(=O)Nc2ncc[nH]2)n1. The fourth-order valence-corrected chi connectivity index (χ4v) is 1.32. The maximum atomic E-state index is 11.8. The number of nitrogens with one attached hydrogen (secondary N) is 3. The lowest BCUT2D eigenvalue weighted by molar-refractivity contribution is 0.102. The number of amides is 1. The van der Waals surface area contributed by atoms with E-state index >= 15 is 0 Å². The Morgan fingerprint density at radius 2 is 2.33 bits per heavy atom. The summed E-state index contributed by atoms with van der Waals surface area (Å²) in [6.45, 7) is 2.84. The highest BCUT2D eigenvalue weighted by molar-refractivity contribution is 6.01. The van der Waals surface area contributed by atoms with Crippen LogP contribution in [0.5, 0.6) is 0 Å². The molecular weight excluding hydrogens is 232 g/mol. The summed E-state index contributed by atoms with van der Waals surface area (Å²) in [5.41, 5.74) is 0.243. The van der Waals surface area contributed by atoms with Gasteiger partial charge >= 0.3 is 0 Å². The standard InChI is InChI=1S/C11H14N6O/c1-2-3-13-9-7-12-6-8(16-9)10(18)17-11-14-4-5-15-11/h4-7H,2-3H2,1H3,(H,13,16)(H2,14,15,17,18). The topological polar surface area (TPSA) is 95.6 Å². The second-order valence-electron chi connectivity index (χ2n) is 3.61. The number of imidazole rings is 1. The van der Waals surface area contributed by atoms with Crippen LogP contribution in [-0.2, 0) is 0 Å². The first-order chi connectivity index (χ1) is 8.79. The molecule has 94 valence electrons. The van der Waals surface area contributed by atoms with Crippen LogP contribution >= 0.6 is 0 Å². The van der Waals surface area contributed by atoms with Crippen LogP contribution in [0.1, 0.15) is 23.8 Å². The number of anilines is 2. The Morgan fingerprint density at radius 3 is 3.06 bits per heavy atom. The van der Waals surface area contributed by atoms with E-state index in [4.69, 9.17) is 0 Å². The van der Waals surface area contributed by atoms with Crippen molar-refractivity contribution in [3.63, 3.8) is 0 Å². The van der Waals surface area contributed by atoms with Gasteiger partial charge in [-0.2, -0.15) is 0 Å². The number of nitrogens with zero attached hydrogens (tertiary/aromatic N) is 3. The Kier molecular flexibility index (Phi) is 3.85. The van der Waals surface area contributed by atoms with E-state index < -0.39 is 0 Å². The van der Waals surface area contributed by atoms with Gasteiger partial charge in [-0.05, 0) is 6.42 Å². The molecule has 0 atom stereocenters. The second-order valence-corrected chi connectivity index (χ2v) is 3.61. The number of carbonyl (C=O) groups excluding carboxylic acids is 1. The molecule has 0 saturated carbocycles. The van der Waals surface area contributed by atoms with Gasteiger partial charge in [0.05, 0.1) is 12.4 Å². The van der Waals surface area contributed by atoms with Crippen molar-refractivity contribution in [1.82, 2.24) is 19.9 Å². The summed E-state index contributed by atoms with van der Waals surface area (Å²) in [7, 11) is 0. The molecule has 0 aliphatic rings. The first-order valence-electron chi connectivity index (χ1n) is 5.66. The first kappa shape index (κ1) is 12.0. The summed E-state index contributed by atoms with van der Waals surface area (Å²) in [4.78, 5) is 26.7. The van der Waals surface area contributed by atoms with E-state index in [1.54, 1.807) is 18.6 Å². The molecular formula is C11H14N6O. The van der Waals surface area contributed by atoms with Crippen molar-refractivity contribution < 1.29 is 4.79 Å². The largest absolute Gasteiger partial charge is 0.369 e. The highest BCUT2D eigenvalue weighted by Crippen LogP contribution is 2.04. The summed E-state index contributed by atoms with van der Waals surface area (Å²) in [6.07, 6.45) is 7.15. The van der Waals surface area contributed by atoms with Crippen molar-refractivity contribution in [3.8, 4) is 0 Å². The van der Waals surface area contributed by atoms with Gasteiger partial charge in [0.2, 0.25) is 5.95 Å². The number of aromatic amines is 1. The molecule has 0 aromatic carbocycles. The molecule has 2 heterocycles. The van der Waals surface area contributed by atoms with Gasteiger partial charge in [0, 0.05) is 18.9 Å². The van der Waals surface area contributed by atoms with Crippen LogP contribution in [0.25, 0.3) is 0 Å². The van der Waals surface area contributed by atoms with Crippen molar-refractivity contribution in [1.29, 1.82) is 0 Å². The molecule has 2 aromatic rings. The van der Waals surface area contributed by atoms with Crippen molar-refractivity contribution in [2.24, 2.45) is 0 Å². The van der Waals surface area contributed by atoms with Gasteiger partial charge in [-0.25, -0.2) is 9.97 Å². The van der Waals surface area contributed by atoms with E-state index in [0.29, 0.717) is 11.8 Å². The zero-order valence-electron chi connectivity index (χ0n) is 9.97. The van der Waals surface area contributed by atoms with Crippen molar-refractivity contribution in [3.05, 3.63) is 30.5 Å². The smallest absolute Gasteiger partial charge is 0.278 e. The van der Waals surface area contributed by atoms with Gasteiger partial charge in [0.25, 0.3) is 5.91 Å². The Morgan fingerprint density at radius 1 is 1.44 bits per heavy atom. The van der Waals surface area contributed by atoms with E-state index in [1.165, 1.54) is 6.20 Å². The van der Waals surface area contributed by atoms with Crippen LogP contribution in [0.4, 0.5) is 11.8 Å². The maximum absolute atomic E-state index is 11.8. The van der Waals surface area contributed by atoms with E-state index in [0.717, 1.165) is 13.0 Å². The average Bonchev–Trinajstić information content (AvgIpc) is 2.89. The number of rotatable bonds is 5. The van der Waals surface area contributed by atoms with Crippen LogP contribution in [0, 0.1) is 0 Å². The summed E-state index contributed by atoms with van der Waals surface area (Å²) in [5, 5.41) is 5.66. The van der Waals surface area contributed by atoms with Gasteiger partial charge < -0.3 is 10.3 Å². The summed E-state index contributed by atoms with van der Waals surface area (Å²) >= 11 is 0. The molecule has 2 aromatic heterocycles. The molecule has 0 spiro atoms. The zero-order valence-corrected chi connectivity index (χ0v) is 9.97. The van der Waals surface area contributed by atoms with Gasteiger partial charge in [0.15, 0.2) is 0 Å². The van der Waals surface area contributed by atoms with Gasteiger partial charge in [-0.15, -0.1) is 0 Å². The minimum absolute atomic E-state index is 0.243. The molecule has 0 radical (unpaired) electrons. The molecule has 2 rings (SSSR count). The second kappa shape index (κ2) is 5.76. The third-order valence-electron chi connectivity index (χ3n) is 2.15. The van der Waals surface area contributed by atoms with E-state index in [9.17, 15) is 4.79 Å². The van der Waals surface area contributed by atoms with Crippen LogP contribution < -0.4 is 10.6 Å². The average molecular weight is 246 g/mol. The van der Waals surface area contributed by atoms with Gasteiger partial charge in [-0.1, -0.05) is 6.92 Å². The monoisotopic (exact) mass is 246 g/mol. The van der Waals surface area contributed by atoms with Crippen LogP contribution in [0.2, 0.25) is 0 Å². The lowest BCUT2D eigenvalue weighted by atomic mass is 10.4. The Balaban J connectivity index is 2.05. The summed E-state index contributed by atoms with van der Waals surface area (Å²) < 4.78 is 0. The minimum atomic E-state index is -0.349. The fraction of sp³-hybridized carbons (Fsp3) is 0.273. The number of carbonyl (C=O) groups is 1. The van der Waals surface area contributed by atoms with Crippen LogP contribution in [0.3, 0.4) is 0 Å². The number of hydrogen-bond donors (Lipinski definition) is 3. The van der Waals surface area contributed by atoms with Gasteiger partial charge in [0.1, 0.15) is 11.5 Å². The molecule has 0 saturated heterocycles. The van der Waals surface area contributed by atoms with E-state index in [2.05, 4.69) is 30.6 Å². The highest BCUT2D eigenvalue weighted by atomic mass is 16.2. The Bertz CT molecular complexity index is 510. The first-order valence-corrected chi connectivity index (χ1v) is 5.66. The summed E-state index contributed by atoms with van der Waals surface area (Å²) in [6, 6.07) is 0. The molecule has 0 bridgehead atoms. The molecule has 0 unspecified atom stereocenters. The molecule has 18 heavy (non-hydrogen) atoms. The highest BCUT2D eigenvalue weighted by Gasteiger charge is 2.09. The molecule has 0 aliphatic carbocycles. The molecule has 7 nitrogen and oxygen atoms in total. The predicted octanol–water partition coefficient (Wildman–Crippen LogP) is 1.27. The minimum Gasteiger partial charge on any atom is -0.369 e. The maximum Gasteiger partial charge on any atom is 0.278 e. The van der Waals surface area contributed by atoms with E-state index in [1.807, 2.05) is 6.92 Å². The molecule has 7 heteroatoms. The number of H-pyrrole nitrogens is 1.